The van der Waals surface area contributed by atoms with E-state index in [2.05, 4.69) is 10.3 Å². The Morgan fingerprint density at radius 3 is 2.64 bits per heavy atom. The van der Waals surface area contributed by atoms with Gasteiger partial charge in [-0.25, -0.2) is 13.4 Å². The molecule has 3 aromatic rings. The van der Waals surface area contributed by atoms with Crippen LogP contribution in [0.4, 0.5) is 10.8 Å². The van der Waals surface area contributed by atoms with Gasteiger partial charge < -0.3 is 9.47 Å². The number of carbonyl (C=O) groups excluding carboxylic acids is 1. The summed E-state index contributed by atoms with van der Waals surface area (Å²) >= 11 is 1.34. The molecule has 0 radical (unpaired) electrons. The molecule has 3 heterocycles. The summed E-state index contributed by atoms with van der Waals surface area (Å²) in [4.78, 5) is 16.8. The van der Waals surface area contributed by atoms with Crippen LogP contribution in [0.25, 0.3) is 17.3 Å². The van der Waals surface area contributed by atoms with Crippen molar-refractivity contribution in [1.82, 2.24) is 4.98 Å². The van der Waals surface area contributed by atoms with Gasteiger partial charge in [0.25, 0.3) is 0 Å². The molecular weight excluding hydrogens is 462 g/mol. The van der Waals surface area contributed by atoms with Crippen LogP contribution in [-0.2, 0) is 14.8 Å². The van der Waals surface area contributed by atoms with Gasteiger partial charge in [-0.05, 0) is 48.4 Å². The van der Waals surface area contributed by atoms with Crippen LogP contribution in [0, 0.1) is 0 Å². The average Bonchev–Trinajstić information content (AvgIpc) is 3.43. The van der Waals surface area contributed by atoms with Gasteiger partial charge in [-0.2, -0.15) is 0 Å². The first-order valence-corrected chi connectivity index (χ1v) is 12.9. The summed E-state index contributed by atoms with van der Waals surface area (Å²) in [5.74, 6) is 1.29. The standard InChI is InChI=1S/C23H21N3O5S2/c27-22(9-4-16-2-6-18(7-3-16)26-10-1-13-33(26,28)29)25-23-24-19(15-32-23)17-5-8-20-21(14-17)31-12-11-30-20/h2-9,14-15H,1,10-13H2,(H,24,25,27)/b9-4+. The number of ether oxygens (including phenoxy) is 2. The second kappa shape index (κ2) is 8.87. The molecular formula is C23H21N3O5S2. The fourth-order valence-electron chi connectivity index (χ4n) is 3.67. The molecule has 0 unspecified atom stereocenters. The molecule has 2 aliphatic rings. The number of amides is 1. The number of aromatic nitrogens is 1. The van der Waals surface area contributed by atoms with E-state index in [0.717, 1.165) is 16.8 Å². The van der Waals surface area contributed by atoms with E-state index in [-0.39, 0.29) is 11.7 Å². The highest BCUT2D eigenvalue weighted by Crippen LogP contribution is 2.35. The fraction of sp³-hybridized carbons (Fsp3) is 0.217. The summed E-state index contributed by atoms with van der Waals surface area (Å²) in [5, 5.41) is 5.13. The van der Waals surface area contributed by atoms with Crippen molar-refractivity contribution in [3.8, 4) is 22.8 Å². The van der Waals surface area contributed by atoms with E-state index in [1.165, 1.54) is 21.7 Å². The van der Waals surface area contributed by atoms with Gasteiger partial charge in [0.15, 0.2) is 16.6 Å². The molecule has 5 rings (SSSR count). The van der Waals surface area contributed by atoms with Crippen molar-refractivity contribution in [3.63, 3.8) is 0 Å². The molecule has 1 N–H and O–H groups in total. The van der Waals surface area contributed by atoms with Crippen LogP contribution in [0.1, 0.15) is 12.0 Å². The number of thiazole rings is 1. The molecule has 10 heteroatoms. The van der Waals surface area contributed by atoms with E-state index in [1.54, 1.807) is 30.3 Å². The lowest BCUT2D eigenvalue weighted by Gasteiger charge is -2.18. The maximum atomic E-state index is 12.3. The summed E-state index contributed by atoms with van der Waals surface area (Å²) < 4.78 is 36.7. The second-order valence-electron chi connectivity index (χ2n) is 7.55. The van der Waals surface area contributed by atoms with Crippen molar-refractivity contribution in [2.24, 2.45) is 0 Å². The number of hydrogen-bond acceptors (Lipinski definition) is 7. The summed E-state index contributed by atoms with van der Waals surface area (Å²) in [5.41, 5.74) is 3.06. The van der Waals surface area contributed by atoms with E-state index in [0.29, 0.717) is 48.5 Å². The summed E-state index contributed by atoms with van der Waals surface area (Å²) in [6, 6.07) is 12.7. The van der Waals surface area contributed by atoms with Crippen molar-refractivity contribution >= 4 is 44.2 Å². The van der Waals surface area contributed by atoms with Gasteiger partial charge in [-0.1, -0.05) is 12.1 Å². The van der Waals surface area contributed by atoms with E-state index < -0.39 is 10.0 Å². The van der Waals surface area contributed by atoms with Crippen LogP contribution in [0.5, 0.6) is 11.5 Å². The van der Waals surface area contributed by atoms with Crippen molar-refractivity contribution in [3.05, 3.63) is 59.5 Å². The molecule has 1 saturated heterocycles. The lowest BCUT2D eigenvalue weighted by Crippen LogP contribution is -2.24. The zero-order valence-corrected chi connectivity index (χ0v) is 19.2. The van der Waals surface area contributed by atoms with Gasteiger partial charge in [0.05, 0.1) is 17.1 Å². The largest absolute Gasteiger partial charge is 0.486 e. The normalized spacial score (nSPS) is 16.8. The SMILES string of the molecule is O=C(/C=C/c1ccc(N2CCCS2(=O)=O)cc1)Nc1nc(-c2ccc3c(c2)OCCO3)cs1. The maximum Gasteiger partial charge on any atom is 0.250 e. The Hall–Kier alpha value is -3.37. The van der Waals surface area contributed by atoms with Crippen LogP contribution >= 0.6 is 11.3 Å². The lowest BCUT2D eigenvalue weighted by molar-refractivity contribution is -0.111. The number of rotatable bonds is 5. The molecule has 33 heavy (non-hydrogen) atoms. The van der Waals surface area contributed by atoms with E-state index in [9.17, 15) is 13.2 Å². The third kappa shape index (κ3) is 4.71. The molecule has 0 spiro atoms. The predicted octanol–water partition coefficient (Wildman–Crippen LogP) is 3.77. The van der Waals surface area contributed by atoms with Crippen LogP contribution in [0.2, 0.25) is 0 Å². The summed E-state index contributed by atoms with van der Waals surface area (Å²) in [6.45, 7) is 1.56. The highest BCUT2D eigenvalue weighted by Gasteiger charge is 2.28. The van der Waals surface area contributed by atoms with Gasteiger partial charge >= 0.3 is 0 Å². The Bertz CT molecular complexity index is 1320. The average molecular weight is 484 g/mol. The Kier molecular flexibility index (Phi) is 5.77. The van der Waals surface area contributed by atoms with Crippen LogP contribution < -0.4 is 19.1 Å². The van der Waals surface area contributed by atoms with Gasteiger partial charge in [0, 0.05) is 23.6 Å². The second-order valence-corrected chi connectivity index (χ2v) is 10.4. The Morgan fingerprint density at radius 2 is 1.88 bits per heavy atom. The van der Waals surface area contributed by atoms with Gasteiger partial charge in [-0.3, -0.25) is 14.4 Å². The molecule has 8 nitrogen and oxygen atoms in total. The number of hydrogen-bond donors (Lipinski definition) is 1. The first-order chi connectivity index (χ1) is 16.0. The number of nitrogens with one attached hydrogen (secondary N) is 1. The fourth-order valence-corrected chi connectivity index (χ4v) is 5.95. The molecule has 0 saturated carbocycles. The highest BCUT2D eigenvalue weighted by molar-refractivity contribution is 7.93. The lowest BCUT2D eigenvalue weighted by atomic mass is 10.1. The van der Waals surface area contributed by atoms with Crippen LogP contribution in [-0.4, -0.2) is 44.8 Å². The topological polar surface area (TPSA) is 97.8 Å². The molecule has 0 atom stereocenters. The minimum atomic E-state index is -3.20. The Balaban J connectivity index is 1.21. The van der Waals surface area contributed by atoms with Crippen LogP contribution in [0.3, 0.4) is 0 Å². The zero-order valence-electron chi connectivity index (χ0n) is 17.6. The predicted molar refractivity (Wildman–Crippen MR) is 128 cm³/mol. The first kappa shape index (κ1) is 21.5. The third-order valence-electron chi connectivity index (χ3n) is 5.28. The van der Waals surface area contributed by atoms with Crippen molar-refractivity contribution in [2.45, 2.75) is 6.42 Å². The molecule has 2 aliphatic heterocycles. The number of benzene rings is 2. The number of sulfonamides is 1. The van der Waals surface area contributed by atoms with Crippen molar-refractivity contribution in [2.75, 3.05) is 35.1 Å². The molecule has 0 aliphatic carbocycles. The minimum absolute atomic E-state index is 0.183. The quantitative estimate of drug-likeness (QED) is 0.555. The zero-order chi connectivity index (χ0) is 22.8. The maximum absolute atomic E-state index is 12.3. The Morgan fingerprint density at radius 1 is 1.09 bits per heavy atom. The number of anilines is 2. The first-order valence-electron chi connectivity index (χ1n) is 10.4. The Labute approximate surface area is 195 Å². The number of carbonyl (C=O) groups is 1. The highest BCUT2D eigenvalue weighted by atomic mass is 32.2. The number of fused-ring (bicyclic) bond motifs is 1. The monoisotopic (exact) mass is 483 g/mol. The van der Waals surface area contributed by atoms with Gasteiger partial charge in [-0.15, -0.1) is 11.3 Å². The third-order valence-corrected chi connectivity index (χ3v) is 7.91. The van der Waals surface area contributed by atoms with Crippen molar-refractivity contribution in [1.29, 1.82) is 0 Å². The molecule has 0 bridgehead atoms. The molecule has 2 aromatic carbocycles. The summed E-state index contributed by atoms with van der Waals surface area (Å²) in [6.07, 6.45) is 3.73. The molecule has 1 fully saturated rings. The van der Waals surface area contributed by atoms with Gasteiger partial charge in [0.2, 0.25) is 15.9 Å². The van der Waals surface area contributed by atoms with E-state index in [1.807, 2.05) is 23.6 Å². The molecule has 1 aromatic heterocycles. The minimum Gasteiger partial charge on any atom is -0.486 e. The van der Waals surface area contributed by atoms with Crippen LogP contribution in [0.15, 0.2) is 53.9 Å². The molecule has 1 amide bonds. The molecule has 170 valence electrons. The van der Waals surface area contributed by atoms with E-state index in [4.69, 9.17) is 9.47 Å². The van der Waals surface area contributed by atoms with Gasteiger partial charge in [0.1, 0.15) is 13.2 Å². The summed E-state index contributed by atoms with van der Waals surface area (Å²) in [7, 11) is -3.20. The smallest absolute Gasteiger partial charge is 0.250 e. The van der Waals surface area contributed by atoms with E-state index >= 15 is 0 Å². The van der Waals surface area contributed by atoms with Crippen molar-refractivity contribution < 1.29 is 22.7 Å². The number of nitrogens with zero attached hydrogens (tertiary/aromatic N) is 2.